The summed E-state index contributed by atoms with van der Waals surface area (Å²) >= 11 is 4.59. The van der Waals surface area contributed by atoms with Gasteiger partial charge in [-0.15, -0.1) is 0 Å². The molecule has 0 saturated heterocycles. The van der Waals surface area contributed by atoms with Gasteiger partial charge in [0.2, 0.25) is 0 Å². The van der Waals surface area contributed by atoms with E-state index in [-0.39, 0.29) is 0 Å². The third-order valence-electron chi connectivity index (χ3n) is 5.78. The molecule has 0 aliphatic carbocycles. The van der Waals surface area contributed by atoms with Gasteiger partial charge in [-0.05, 0) is 0 Å². The second-order valence-corrected chi connectivity index (χ2v) is 19.7. The van der Waals surface area contributed by atoms with Crippen LogP contribution in [0.4, 0.5) is 0 Å². The van der Waals surface area contributed by atoms with Gasteiger partial charge in [0.05, 0.1) is 0 Å². The molecule has 0 aliphatic rings. The molecule has 0 spiro atoms. The van der Waals surface area contributed by atoms with Crippen LogP contribution in [0.25, 0.3) is 0 Å². The average Bonchev–Trinajstić information content (AvgIpc) is 2.57. The maximum atomic E-state index is 4.59. The normalized spacial score (nSPS) is 13.8. The molecule has 0 atom stereocenters. The molecule has 0 saturated carbocycles. The van der Waals surface area contributed by atoms with Crippen molar-refractivity contribution in [3.05, 3.63) is 0 Å². The van der Waals surface area contributed by atoms with Crippen molar-refractivity contribution in [1.82, 2.24) is 0 Å². The van der Waals surface area contributed by atoms with Crippen molar-refractivity contribution < 1.29 is 0 Å². The summed E-state index contributed by atoms with van der Waals surface area (Å²) < 4.78 is 0. The van der Waals surface area contributed by atoms with E-state index in [0.29, 0.717) is 0 Å². The molecule has 0 radical (unpaired) electrons. The quantitative estimate of drug-likeness (QED) is 0.152. The van der Waals surface area contributed by atoms with Gasteiger partial charge in [-0.2, -0.15) is 0 Å². The molecule has 0 heterocycles. The van der Waals surface area contributed by atoms with Crippen LogP contribution in [0.3, 0.4) is 0 Å². The van der Waals surface area contributed by atoms with E-state index in [1.165, 1.54) is 115 Å². The van der Waals surface area contributed by atoms with E-state index in [2.05, 4.69) is 43.2 Å². The van der Waals surface area contributed by atoms with Crippen LogP contribution in [0.5, 0.6) is 0 Å². The minimum absolute atomic E-state index is 1.36. The summed E-state index contributed by atoms with van der Waals surface area (Å²) in [6.45, 7) is 9.37. The zero-order valence-electron chi connectivity index (χ0n) is 17.6. The van der Waals surface area contributed by atoms with Crippen molar-refractivity contribution in [2.75, 3.05) is 24.6 Å². The first-order valence-corrected chi connectivity index (χ1v) is 16.3. The molecule has 0 unspecified atom stereocenters. The third-order valence-corrected chi connectivity index (χ3v) is 15.8. The summed E-state index contributed by atoms with van der Waals surface area (Å²) in [6.07, 6.45) is 26.1. The zero-order chi connectivity index (χ0) is 18.2. The summed E-state index contributed by atoms with van der Waals surface area (Å²) in [4.78, 5) is 0. The molecule has 0 nitrogen and oxygen atoms in total. The molecule has 0 N–H and O–H groups in total. The predicted molar refractivity (Wildman–Crippen MR) is 123 cm³/mol. The van der Waals surface area contributed by atoms with Gasteiger partial charge >= 0.3 is 163 Å². The van der Waals surface area contributed by atoms with E-state index < -0.39 is 5.31 Å². The van der Waals surface area contributed by atoms with Gasteiger partial charge in [-0.3, -0.25) is 0 Å². The SMILES string of the molecule is CCCCCCP(Br)(CCCCC)(CCCCC)CCCCCC. The number of hydrogen-bond donors (Lipinski definition) is 0. The Balaban J connectivity index is 4.90. The van der Waals surface area contributed by atoms with Crippen molar-refractivity contribution in [3.8, 4) is 0 Å². The van der Waals surface area contributed by atoms with Gasteiger partial charge in [0, 0.05) is 0 Å². The molecular weight excluding hydrogens is 375 g/mol. The summed E-state index contributed by atoms with van der Waals surface area (Å²) in [6, 6.07) is 0. The number of halogens is 1. The van der Waals surface area contributed by atoms with Crippen molar-refractivity contribution in [1.29, 1.82) is 0 Å². The molecule has 0 aliphatic heterocycles. The molecule has 0 aromatic heterocycles. The maximum absolute atomic E-state index is 4.59. The molecule has 0 fully saturated rings. The van der Waals surface area contributed by atoms with E-state index in [4.69, 9.17) is 0 Å². The zero-order valence-corrected chi connectivity index (χ0v) is 20.0. The number of rotatable bonds is 18. The van der Waals surface area contributed by atoms with Gasteiger partial charge < -0.3 is 0 Å². The van der Waals surface area contributed by atoms with Crippen LogP contribution in [0.1, 0.15) is 118 Å². The Bertz CT molecular complexity index is 251. The van der Waals surface area contributed by atoms with Gasteiger partial charge in [0.25, 0.3) is 0 Å². The first-order valence-electron chi connectivity index (χ1n) is 11.3. The second kappa shape index (κ2) is 15.0. The summed E-state index contributed by atoms with van der Waals surface area (Å²) in [5.41, 5.74) is 0. The van der Waals surface area contributed by atoms with E-state index in [0.717, 1.165) is 0 Å². The van der Waals surface area contributed by atoms with Crippen LogP contribution in [0.15, 0.2) is 0 Å². The fourth-order valence-corrected chi connectivity index (χ4v) is 12.5. The van der Waals surface area contributed by atoms with Crippen molar-refractivity contribution >= 4 is 20.8 Å². The summed E-state index contributed by atoms with van der Waals surface area (Å²) in [5.74, 6) is 0. The minimum atomic E-state index is -1.65. The second-order valence-electron chi connectivity index (χ2n) is 8.25. The summed E-state index contributed by atoms with van der Waals surface area (Å²) in [7, 11) is 0. The molecule has 0 aromatic rings. The molecule has 24 heavy (non-hydrogen) atoms. The van der Waals surface area contributed by atoms with Gasteiger partial charge in [-0.1, -0.05) is 0 Å². The third kappa shape index (κ3) is 11.5. The first kappa shape index (κ1) is 24.9. The van der Waals surface area contributed by atoms with Crippen LogP contribution in [-0.2, 0) is 0 Å². The molecular formula is C22H48BrP. The Hall–Kier alpha value is 0.910. The van der Waals surface area contributed by atoms with Gasteiger partial charge in [0.15, 0.2) is 0 Å². The molecule has 2 heteroatoms. The Labute approximate surface area is 163 Å². The van der Waals surface area contributed by atoms with E-state index in [1.807, 2.05) is 0 Å². The van der Waals surface area contributed by atoms with Crippen LogP contribution in [0.2, 0.25) is 0 Å². The molecule has 0 amide bonds. The van der Waals surface area contributed by atoms with Crippen molar-refractivity contribution in [2.45, 2.75) is 118 Å². The Morgan fingerprint density at radius 1 is 0.417 bits per heavy atom. The monoisotopic (exact) mass is 422 g/mol. The van der Waals surface area contributed by atoms with E-state index in [9.17, 15) is 0 Å². The standard InChI is InChI=1S/C22H48BrP/c1-5-9-13-17-21-24(23,19-15-11-7-3,20-16-12-8-4)22-18-14-10-6-2/h5-22H2,1-4H3. The van der Waals surface area contributed by atoms with E-state index >= 15 is 0 Å². The Morgan fingerprint density at radius 3 is 0.958 bits per heavy atom. The van der Waals surface area contributed by atoms with Crippen LogP contribution in [0, 0.1) is 0 Å². The Kier molecular flexibility index (Phi) is 15.6. The number of hydrogen-bond acceptors (Lipinski definition) is 0. The topological polar surface area (TPSA) is 0 Å². The Morgan fingerprint density at radius 2 is 0.667 bits per heavy atom. The number of unbranched alkanes of at least 4 members (excludes halogenated alkanes) is 10. The molecule has 148 valence electrons. The fraction of sp³-hybridized carbons (Fsp3) is 1.00. The molecule has 0 bridgehead atoms. The van der Waals surface area contributed by atoms with Crippen molar-refractivity contribution in [3.63, 3.8) is 0 Å². The van der Waals surface area contributed by atoms with E-state index in [1.54, 1.807) is 0 Å². The predicted octanol–water partition coefficient (Wildman–Crippen LogP) is 9.39. The van der Waals surface area contributed by atoms with Crippen LogP contribution >= 0.6 is 20.8 Å². The van der Waals surface area contributed by atoms with Crippen molar-refractivity contribution in [2.24, 2.45) is 0 Å². The first-order chi connectivity index (χ1) is 11.5. The molecule has 0 aromatic carbocycles. The summed E-state index contributed by atoms with van der Waals surface area (Å²) in [5, 5.41) is -1.65. The van der Waals surface area contributed by atoms with Gasteiger partial charge in [0.1, 0.15) is 0 Å². The average molecular weight is 424 g/mol. The van der Waals surface area contributed by atoms with Crippen LogP contribution in [-0.4, -0.2) is 24.6 Å². The van der Waals surface area contributed by atoms with Crippen LogP contribution < -0.4 is 0 Å². The molecule has 0 rings (SSSR count). The van der Waals surface area contributed by atoms with Gasteiger partial charge in [-0.25, -0.2) is 0 Å². The fourth-order valence-electron chi connectivity index (χ4n) is 4.05.